The normalized spacial score (nSPS) is 13.4. The highest BCUT2D eigenvalue weighted by atomic mass is 32.1. The molecule has 0 radical (unpaired) electrons. The number of amides is 1. The third-order valence-electron chi connectivity index (χ3n) is 3.51. The molecule has 0 spiro atoms. The van der Waals surface area contributed by atoms with Gasteiger partial charge in [0.25, 0.3) is 0 Å². The van der Waals surface area contributed by atoms with Gasteiger partial charge in [0.2, 0.25) is 0 Å². The molecule has 1 aromatic heterocycles. The molecular weight excluding hydrogens is 290 g/mol. The molecule has 1 aliphatic carbocycles. The maximum atomic E-state index is 12.0. The van der Waals surface area contributed by atoms with Gasteiger partial charge >= 0.3 is 12.1 Å². The monoisotopic (exact) mass is 311 g/mol. The molecule has 1 amide bonds. The first-order chi connectivity index (χ1) is 10.2. The van der Waals surface area contributed by atoms with Crippen LogP contribution in [0.1, 0.15) is 53.4 Å². The molecule has 6 heteroatoms. The fourth-order valence-corrected chi connectivity index (χ4v) is 3.67. The van der Waals surface area contributed by atoms with E-state index in [1.54, 1.807) is 0 Å². The van der Waals surface area contributed by atoms with E-state index >= 15 is 0 Å². The van der Waals surface area contributed by atoms with Crippen molar-refractivity contribution in [3.8, 4) is 0 Å². The average molecular weight is 311 g/mol. The van der Waals surface area contributed by atoms with Gasteiger partial charge < -0.3 is 9.47 Å². The molecule has 0 aliphatic heterocycles. The van der Waals surface area contributed by atoms with E-state index in [1.807, 2.05) is 6.92 Å². The fourth-order valence-electron chi connectivity index (χ4n) is 2.41. The molecule has 1 N–H and O–H groups in total. The number of fused-ring (bicyclic) bond motifs is 1. The van der Waals surface area contributed by atoms with Crippen molar-refractivity contribution < 1.29 is 19.1 Å². The number of nitrogens with one attached hydrogen (secondary N) is 1. The molecule has 2 rings (SSSR count). The lowest BCUT2D eigenvalue weighted by Crippen LogP contribution is -2.16. The van der Waals surface area contributed by atoms with E-state index in [9.17, 15) is 9.59 Å². The van der Waals surface area contributed by atoms with Crippen molar-refractivity contribution in [2.24, 2.45) is 0 Å². The van der Waals surface area contributed by atoms with Crippen LogP contribution in [0.15, 0.2) is 0 Å². The van der Waals surface area contributed by atoms with Gasteiger partial charge in [0.05, 0.1) is 19.3 Å². The molecule has 21 heavy (non-hydrogen) atoms. The number of hydrogen-bond donors (Lipinski definition) is 1. The van der Waals surface area contributed by atoms with Crippen molar-refractivity contribution in [3.05, 3.63) is 16.0 Å². The highest BCUT2D eigenvalue weighted by Gasteiger charge is 2.27. The Bertz CT molecular complexity index is 524. The number of carbonyl (C=O) groups is 2. The smallest absolute Gasteiger partial charge is 0.412 e. The van der Waals surface area contributed by atoms with Gasteiger partial charge in [-0.2, -0.15) is 0 Å². The standard InChI is InChI=1S/C15H21NO4S/c1-3-4-9-20-15(18)16-13-12(14(17)19-2)10-7-5-6-8-11(10)21-13/h3-9H2,1-2H3,(H,16,18). The SMILES string of the molecule is CCCCOC(=O)Nc1sc2c(c1C(=O)OC)CCCC2. The number of carbonyl (C=O) groups excluding carboxylic acids is 2. The van der Waals surface area contributed by atoms with Crippen molar-refractivity contribution >= 4 is 28.4 Å². The molecule has 0 saturated carbocycles. The maximum absolute atomic E-state index is 12.0. The van der Waals surface area contributed by atoms with Crippen molar-refractivity contribution in [1.29, 1.82) is 0 Å². The van der Waals surface area contributed by atoms with Gasteiger partial charge in [0.1, 0.15) is 5.00 Å². The van der Waals surface area contributed by atoms with Gasteiger partial charge in [-0.3, -0.25) is 5.32 Å². The summed E-state index contributed by atoms with van der Waals surface area (Å²) in [6, 6.07) is 0. The number of esters is 1. The average Bonchev–Trinajstić information content (AvgIpc) is 2.84. The Morgan fingerprint density at radius 2 is 2.05 bits per heavy atom. The third kappa shape index (κ3) is 3.75. The lowest BCUT2D eigenvalue weighted by atomic mass is 9.95. The summed E-state index contributed by atoms with van der Waals surface area (Å²) in [5.41, 5.74) is 1.53. The van der Waals surface area contributed by atoms with Gasteiger partial charge in [-0.05, 0) is 37.7 Å². The van der Waals surface area contributed by atoms with Gasteiger partial charge in [-0.25, -0.2) is 9.59 Å². The van der Waals surface area contributed by atoms with E-state index in [2.05, 4.69) is 5.32 Å². The number of aryl methyl sites for hydroxylation is 1. The highest BCUT2D eigenvalue weighted by molar-refractivity contribution is 7.17. The Kier molecular flexibility index (Phi) is 5.61. The summed E-state index contributed by atoms with van der Waals surface area (Å²) in [6.07, 6.45) is 5.29. The zero-order chi connectivity index (χ0) is 15.2. The summed E-state index contributed by atoms with van der Waals surface area (Å²) < 4.78 is 9.95. The Morgan fingerprint density at radius 1 is 1.29 bits per heavy atom. The van der Waals surface area contributed by atoms with E-state index in [0.29, 0.717) is 17.2 Å². The fraction of sp³-hybridized carbons (Fsp3) is 0.600. The number of unbranched alkanes of at least 4 members (excludes halogenated alkanes) is 1. The van der Waals surface area contributed by atoms with Crippen molar-refractivity contribution in [2.75, 3.05) is 19.0 Å². The first-order valence-corrected chi connectivity index (χ1v) is 8.15. The van der Waals surface area contributed by atoms with Crippen LogP contribution in [0.2, 0.25) is 0 Å². The zero-order valence-electron chi connectivity index (χ0n) is 12.5. The van der Waals surface area contributed by atoms with Crippen LogP contribution in [0.5, 0.6) is 0 Å². The number of thiophene rings is 1. The number of anilines is 1. The molecule has 0 aromatic carbocycles. The lowest BCUT2D eigenvalue weighted by molar-refractivity contribution is 0.0601. The summed E-state index contributed by atoms with van der Waals surface area (Å²) >= 11 is 1.46. The Labute approximate surface area is 128 Å². The molecule has 1 aliphatic rings. The summed E-state index contributed by atoms with van der Waals surface area (Å²) in [4.78, 5) is 25.0. The number of hydrogen-bond acceptors (Lipinski definition) is 5. The van der Waals surface area contributed by atoms with E-state index < -0.39 is 12.1 Å². The molecule has 0 fully saturated rings. The molecule has 1 heterocycles. The van der Waals surface area contributed by atoms with Crippen molar-refractivity contribution in [1.82, 2.24) is 0 Å². The highest BCUT2D eigenvalue weighted by Crippen LogP contribution is 2.38. The zero-order valence-corrected chi connectivity index (χ0v) is 13.3. The maximum Gasteiger partial charge on any atom is 0.412 e. The van der Waals surface area contributed by atoms with Gasteiger partial charge in [0, 0.05) is 4.88 Å². The molecule has 116 valence electrons. The second-order valence-corrected chi connectivity index (χ2v) is 6.13. The Hall–Kier alpha value is -1.56. The van der Waals surface area contributed by atoms with Crippen LogP contribution in [0.4, 0.5) is 9.80 Å². The van der Waals surface area contributed by atoms with E-state index in [-0.39, 0.29) is 0 Å². The Balaban J connectivity index is 2.16. The minimum Gasteiger partial charge on any atom is -0.465 e. The van der Waals surface area contributed by atoms with Gasteiger partial charge in [-0.15, -0.1) is 11.3 Å². The van der Waals surface area contributed by atoms with Crippen LogP contribution in [0, 0.1) is 0 Å². The van der Waals surface area contributed by atoms with Crippen LogP contribution >= 0.6 is 11.3 Å². The van der Waals surface area contributed by atoms with E-state index in [1.165, 1.54) is 23.3 Å². The quantitative estimate of drug-likeness (QED) is 0.664. The molecule has 0 unspecified atom stereocenters. The predicted molar refractivity (Wildman–Crippen MR) is 82.2 cm³/mol. The predicted octanol–water partition coefficient (Wildman–Crippen LogP) is 3.76. The van der Waals surface area contributed by atoms with Crippen LogP contribution in [-0.2, 0) is 22.3 Å². The second-order valence-electron chi connectivity index (χ2n) is 5.02. The van der Waals surface area contributed by atoms with E-state index in [0.717, 1.165) is 44.1 Å². The molecule has 5 nitrogen and oxygen atoms in total. The first-order valence-electron chi connectivity index (χ1n) is 7.34. The van der Waals surface area contributed by atoms with Crippen LogP contribution in [0.3, 0.4) is 0 Å². The molecule has 0 saturated heterocycles. The van der Waals surface area contributed by atoms with Crippen molar-refractivity contribution in [3.63, 3.8) is 0 Å². The van der Waals surface area contributed by atoms with Crippen LogP contribution < -0.4 is 5.32 Å². The molecule has 0 atom stereocenters. The van der Waals surface area contributed by atoms with Crippen LogP contribution in [0.25, 0.3) is 0 Å². The van der Waals surface area contributed by atoms with E-state index in [4.69, 9.17) is 9.47 Å². The topological polar surface area (TPSA) is 64.6 Å². The van der Waals surface area contributed by atoms with Gasteiger partial charge in [0.15, 0.2) is 0 Å². The first kappa shape index (κ1) is 15.8. The number of methoxy groups -OCH3 is 1. The lowest BCUT2D eigenvalue weighted by Gasteiger charge is -2.11. The summed E-state index contributed by atoms with van der Waals surface area (Å²) in [7, 11) is 1.36. The summed E-state index contributed by atoms with van der Waals surface area (Å²) in [5.74, 6) is -0.391. The van der Waals surface area contributed by atoms with Crippen molar-refractivity contribution in [2.45, 2.75) is 45.4 Å². The summed E-state index contributed by atoms with van der Waals surface area (Å²) in [5, 5.41) is 3.25. The Morgan fingerprint density at radius 3 is 2.76 bits per heavy atom. The molecule has 1 aromatic rings. The summed E-state index contributed by atoms with van der Waals surface area (Å²) in [6.45, 7) is 2.42. The molecule has 0 bridgehead atoms. The minimum absolute atomic E-state index is 0.390. The molecular formula is C15H21NO4S. The largest absolute Gasteiger partial charge is 0.465 e. The minimum atomic E-state index is -0.507. The second kappa shape index (κ2) is 7.45. The number of ether oxygens (including phenoxy) is 2. The number of rotatable bonds is 5. The van der Waals surface area contributed by atoms with Crippen LogP contribution in [-0.4, -0.2) is 25.8 Å². The van der Waals surface area contributed by atoms with Gasteiger partial charge in [-0.1, -0.05) is 13.3 Å². The third-order valence-corrected chi connectivity index (χ3v) is 4.71.